The van der Waals surface area contributed by atoms with Gasteiger partial charge in [0.15, 0.2) is 11.0 Å². The van der Waals surface area contributed by atoms with Gasteiger partial charge in [0.05, 0.1) is 6.54 Å². The number of halogens is 1. The van der Waals surface area contributed by atoms with Crippen LogP contribution in [-0.4, -0.2) is 9.97 Å². The Morgan fingerprint density at radius 3 is 2.69 bits per heavy atom. The van der Waals surface area contributed by atoms with Crippen LogP contribution in [0.2, 0.25) is 5.15 Å². The Morgan fingerprint density at radius 1 is 1.31 bits per heavy atom. The van der Waals surface area contributed by atoms with Gasteiger partial charge < -0.3 is 5.32 Å². The summed E-state index contributed by atoms with van der Waals surface area (Å²) in [7, 11) is 0. The van der Waals surface area contributed by atoms with Crippen molar-refractivity contribution in [3.8, 4) is 0 Å². The van der Waals surface area contributed by atoms with Crippen LogP contribution in [0.3, 0.4) is 0 Å². The minimum Gasteiger partial charge on any atom is -0.363 e. The predicted molar refractivity (Wildman–Crippen MR) is 68.2 cm³/mol. The lowest BCUT2D eigenvalue weighted by molar-refractivity contribution is 1.11. The first-order chi connectivity index (χ1) is 7.66. The van der Waals surface area contributed by atoms with Gasteiger partial charge in [0, 0.05) is 22.1 Å². The Morgan fingerprint density at radius 2 is 2.06 bits per heavy atom. The summed E-state index contributed by atoms with van der Waals surface area (Å²) in [5, 5.41) is 3.58. The molecule has 0 radical (unpaired) electrons. The first-order valence-corrected chi connectivity index (χ1v) is 6.12. The molecule has 0 saturated heterocycles. The van der Waals surface area contributed by atoms with E-state index in [1.165, 1.54) is 15.3 Å². The summed E-state index contributed by atoms with van der Waals surface area (Å²) < 4.78 is 0. The van der Waals surface area contributed by atoms with Gasteiger partial charge in [-0.25, -0.2) is 9.97 Å². The molecule has 0 aromatic carbocycles. The largest absolute Gasteiger partial charge is 0.363 e. The Balaban J connectivity index is 2.05. The molecule has 0 saturated carbocycles. The fraction of sp³-hybridized carbons (Fsp3) is 0.273. The van der Waals surface area contributed by atoms with Crippen LogP contribution in [0, 0.1) is 13.8 Å². The van der Waals surface area contributed by atoms with Gasteiger partial charge in [-0.05, 0) is 25.5 Å². The van der Waals surface area contributed by atoms with Gasteiger partial charge in [-0.3, -0.25) is 0 Å². The van der Waals surface area contributed by atoms with Crippen LogP contribution in [0.15, 0.2) is 18.5 Å². The topological polar surface area (TPSA) is 37.8 Å². The smallest absolute Gasteiger partial charge is 0.171 e. The van der Waals surface area contributed by atoms with Crippen LogP contribution in [0.4, 0.5) is 5.82 Å². The Labute approximate surface area is 104 Å². The molecule has 0 aliphatic carbocycles. The lowest BCUT2D eigenvalue weighted by Crippen LogP contribution is -2.00. The maximum absolute atomic E-state index is 5.89. The minimum atomic E-state index is 0.410. The summed E-state index contributed by atoms with van der Waals surface area (Å²) >= 11 is 7.68. The molecule has 0 aliphatic rings. The van der Waals surface area contributed by atoms with E-state index in [-0.39, 0.29) is 0 Å². The molecule has 2 aromatic rings. The number of aryl methyl sites for hydroxylation is 2. The molecule has 3 nitrogen and oxygen atoms in total. The lowest BCUT2D eigenvalue weighted by atomic mass is 10.3. The molecule has 1 N–H and O–H groups in total. The summed E-state index contributed by atoms with van der Waals surface area (Å²) in [5.41, 5.74) is 1.33. The Kier molecular flexibility index (Phi) is 3.41. The highest BCUT2D eigenvalue weighted by atomic mass is 35.5. The van der Waals surface area contributed by atoms with Crippen molar-refractivity contribution in [3.05, 3.63) is 38.9 Å². The lowest BCUT2D eigenvalue weighted by Gasteiger charge is -2.03. The van der Waals surface area contributed by atoms with Crippen LogP contribution in [-0.2, 0) is 6.54 Å². The predicted octanol–water partition coefficient (Wildman–Crippen LogP) is 3.42. The molecule has 5 heteroatoms. The fourth-order valence-corrected chi connectivity index (χ4v) is 2.51. The van der Waals surface area contributed by atoms with Gasteiger partial charge in [0.25, 0.3) is 0 Å². The molecule has 16 heavy (non-hydrogen) atoms. The molecule has 0 atom stereocenters. The molecule has 84 valence electrons. The van der Waals surface area contributed by atoms with Gasteiger partial charge >= 0.3 is 0 Å². The molecule has 0 amide bonds. The van der Waals surface area contributed by atoms with Crippen molar-refractivity contribution in [2.45, 2.75) is 20.4 Å². The van der Waals surface area contributed by atoms with Gasteiger partial charge in [0.1, 0.15) is 0 Å². The van der Waals surface area contributed by atoms with Crippen molar-refractivity contribution in [1.29, 1.82) is 0 Å². The third-order valence-corrected chi connectivity index (χ3v) is 3.73. The number of nitrogens with zero attached hydrogens (tertiary/aromatic N) is 2. The van der Waals surface area contributed by atoms with Crippen molar-refractivity contribution < 1.29 is 0 Å². The van der Waals surface area contributed by atoms with E-state index in [0.717, 1.165) is 6.54 Å². The normalized spacial score (nSPS) is 10.4. The third kappa shape index (κ3) is 2.51. The fourth-order valence-electron chi connectivity index (χ4n) is 1.35. The van der Waals surface area contributed by atoms with E-state index in [0.29, 0.717) is 11.0 Å². The standard InChI is InChI=1S/C11H12ClN3S/c1-7-5-9(16-8(7)2)6-15-11-10(12)13-3-4-14-11/h3-5H,6H2,1-2H3,(H,14,15). The summed E-state index contributed by atoms with van der Waals surface area (Å²) in [4.78, 5) is 10.7. The highest BCUT2D eigenvalue weighted by molar-refractivity contribution is 7.12. The summed E-state index contributed by atoms with van der Waals surface area (Å²) in [6.07, 6.45) is 3.20. The molecule has 0 aliphatic heterocycles. The molecular weight excluding hydrogens is 242 g/mol. The van der Waals surface area contributed by atoms with Crippen molar-refractivity contribution in [2.75, 3.05) is 5.32 Å². The molecule has 0 spiro atoms. The average molecular weight is 254 g/mol. The number of thiophene rings is 1. The average Bonchev–Trinajstić information content (AvgIpc) is 2.57. The monoisotopic (exact) mass is 253 g/mol. The number of nitrogens with one attached hydrogen (secondary N) is 1. The summed E-state index contributed by atoms with van der Waals surface area (Å²) in [6.45, 7) is 4.97. The maximum Gasteiger partial charge on any atom is 0.171 e. The van der Waals surface area contributed by atoms with Crippen molar-refractivity contribution >= 4 is 28.8 Å². The van der Waals surface area contributed by atoms with Crippen LogP contribution in [0.1, 0.15) is 15.3 Å². The van der Waals surface area contributed by atoms with Crippen LogP contribution < -0.4 is 5.32 Å². The van der Waals surface area contributed by atoms with E-state index in [9.17, 15) is 0 Å². The van der Waals surface area contributed by atoms with Crippen LogP contribution in [0.5, 0.6) is 0 Å². The number of anilines is 1. The van der Waals surface area contributed by atoms with E-state index in [1.54, 1.807) is 23.7 Å². The first-order valence-electron chi connectivity index (χ1n) is 4.93. The molecule has 0 unspecified atom stereocenters. The van der Waals surface area contributed by atoms with Gasteiger partial charge in [-0.15, -0.1) is 11.3 Å². The number of aromatic nitrogens is 2. The molecule has 2 heterocycles. The van der Waals surface area contributed by atoms with E-state index in [1.807, 2.05) is 0 Å². The SMILES string of the molecule is Cc1cc(CNc2nccnc2Cl)sc1C. The third-order valence-electron chi connectivity index (χ3n) is 2.30. The van der Waals surface area contributed by atoms with E-state index < -0.39 is 0 Å². The number of hydrogen-bond donors (Lipinski definition) is 1. The Bertz CT molecular complexity index is 476. The highest BCUT2D eigenvalue weighted by Gasteiger charge is 2.04. The van der Waals surface area contributed by atoms with E-state index >= 15 is 0 Å². The molecular formula is C11H12ClN3S. The second-order valence-electron chi connectivity index (χ2n) is 3.50. The first kappa shape index (κ1) is 11.4. The van der Waals surface area contributed by atoms with E-state index in [2.05, 4.69) is 35.2 Å². The van der Waals surface area contributed by atoms with Crippen molar-refractivity contribution in [2.24, 2.45) is 0 Å². The maximum atomic E-state index is 5.89. The van der Waals surface area contributed by atoms with Crippen molar-refractivity contribution in [3.63, 3.8) is 0 Å². The molecule has 2 aromatic heterocycles. The van der Waals surface area contributed by atoms with Gasteiger partial charge in [-0.2, -0.15) is 0 Å². The van der Waals surface area contributed by atoms with Gasteiger partial charge in [0.2, 0.25) is 0 Å². The zero-order chi connectivity index (χ0) is 11.5. The second-order valence-corrected chi connectivity index (χ2v) is 5.20. The Hall–Kier alpha value is -1.13. The zero-order valence-electron chi connectivity index (χ0n) is 9.12. The number of rotatable bonds is 3. The highest BCUT2D eigenvalue weighted by Crippen LogP contribution is 2.22. The quantitative estimate of drug-likeness (QED) is 0.911. The molecule has 0 bridgehead atoms. The molecule has 0 fully saturated rings. The van der Waals surface area contributed by atoms with Gasteiger partial charge in [-0.1, -0.05) is 11.6 Å². The second kappa shape index (κ2) is 4.80. The van der Waals surface area contributed by atoms with Crippen LogP contribution >= 0.6 is 22.9 Å². The summed E-state index contributed by atoms with van der Waals surface area (Å²) in [5.74, 6) is 0.632. The van der Waals surface area contributed by atoms with E-state index in [4.69, 9.17) is 11.6 Å². The minimum absolute atomic E-state index is 0.410. The van der Waals surface area contributed by atoms with Crippen LogP contribution in [0.25, 0.3) is 0 Å². The zero-order valence-corrected chi connectivity index (χ0v) is 10.7. The number of hydrogen-bond acceptors (Lipinski definition) is 4. The van der Waals surface area contributed by atoms with Crippen molar-refractivity contribution in [1.82, 2.24) is 9.97 Å². The summed E-state index contributed by atoms with van der Waals surface area (Å²) in [6, 6.07) is 2.18. The molecule has 2 rings (SSSR count).